The lowest BCUT2D eigenvalue weighted by Gasteiger charge is -2.36. The van der Waals surface area contributed by atoms with E-state index in [-0.39, 0.29) is 11.7 Å². The Balaban J connectivity index is 1.51. The predicted molar refractivity (Wildman–Crippen MR) is 122 cm³/mol. The molecule has 2 aliphatic rings. The molecule has 10 heteroatoms. The van der Waals surface area contributed by atoms with Crippen molar-refractivity contribution >= 4 is 32.9 Å². The first-order chi connectivity index (χ1) is 14.7. The van der Waals surface area contributed by atoms with Crippen LogP contribution in [0.2, 0.25) is 0 Å². The van der Waals surface area contributed by atoms with E-state index in [4.69, 9.17) is 10.3 Å². The van der Waals surface area contributed by atoms with Crippen LogP contribution in [-0.2, 0) is 15.2 Å². The fourth-order valence-corrected chi connectivity index (χ4v) is 6.60. The van der Waals surface area contributed by atoms with Gasteiger partial charge in [-0.1, -0.05) is 17.3 Å². The fourth-order valence-electron chi connectivity index (χ4n) is 3.72. The van der Waals surface area contributed by atoms with Gasteiger partial charge in [0.15, 0.2) is 5.82 Å². The topological polar surface area (TPSA) is 97.6 Å². The SMILES string of the molecule is C=S1(=O)C[C@@](C)(c2sc(-c3cccc(-c4nc(C5CC5)no4)c3)cc2F)N=C(N)N1C. The molecule has 1 aliphatic carbocycles. The lowest BCUT2D eigenvalue weighted by molar-refractivity contribution is 0.422. The number of thiophene rings is 1. The number of rotatable bonds is 4. The van der Waals surface area contributed by atoms with Gasteiger partial charge in [0.25, 0.3) is 5.89 Å². The van der Waals surface area contributed by atoms with Crippen LogP contribution in [0.25, 0.3) is 21.9 Å². The van der Waals surface area contributed by atoms with E-state index in [0.717, 1.165) is 34.7 Å². The highest BCUT2D eigenvalue weighted by Gasteiger charge is 2.40. The molecule has 0 spiro atoms. The minimum atomic E-state index is -2.69. The zero-order valence-corrected chi connectivity index (χ0v) is 18.8. The number of halogens is 1. The van der Waals surface area contributed by atoms with Crippen molar-refractivity contribution in [2.75, 3.05) is 12.8 Å². The van der Waals surface area contributed by atoms with E-state index < -0.39 is 21.1 Å². The molecule has 2 N–H and O–H groups in total. The first-order valence-electron chi connectivity index (χ1n) is 9.85. The van der Waals surface area contributed by atoms with Crippen LogP contribution in [0.1, 0.15) is 36.4 Å². The second-order valence-corrected chi connectivity index (χ2v) is 11.7. The van der Waals surface area contributed by atoms with Crippen LogP contribution in [-0.4, -0.2) is 43.3 Å². The van der Waals surface area contributed by atoms with E-state index in [1.807, 2.05) is 24.3 Å². The Labute approximate surface area is 183 Å². The quantitative estimate of drug-likeness (QED) is 0.602. The molecule has 0 radical (unpaired) electrons. The van der Waals surface area contributed by atoms with Crippen LogP contribution < -0.4 is 5.73 Å². The summed E-state index contributed by atoms with van der Waals surface area (Å²) in [6, 6.07) is 9.04. The van der Waals surface area contributed by atoms with Gasteiger partial charge < -0.3 is 10.3 Å². The number of benzene rings is 1. The summed E-state index contributed by atoms with van der Waals surface area (Å²) in [7, 11) is -1.11. The van der Waals surface area contributed by atoms with Crippen LogP contribution in [0.4, 0.5) is 4.39 Å². The van der Waals surface area contributed by atoms with Crippen molar-refractivity contribution in [3.05, 3.63) is 46.9 Å². The van der Waals surface area contributed by atoms with Crippen LogP contribution >= 0.6 is 11.3 Å². The molecule has 2 atom stereocenters. The zero-order chi connectivity index (χ0) is 22.0. The van der Waals surface area contributed by atoms with Crippen molar-refractivity contribution in [1.82, 2.24) is 14.4 Å². The Kier molecular flexibility index (Phi) is 4.49. The van der Waals surface area contributed by atoms with Crippen molar-refractivity contribution in [2.45, 2.75) is 31.2 Å². The van der Waals surface area contributed by atoms with Crippen molar-refractivity contribution in [1.29, 1.82) is 0 Å². The molecule has 3 aromatic rings. The largest absolute Gasteiger partial charge is 0.369 e. The van der Waals surface area contributed by atoms with E-state index in [1.165, 1.54) is 21.7 Å². The fraction of sp³-hybridized carbons (Fsp3) is 0.333. The summed E-state index contributed by atoms with van der Waals surface area (Å²) in [5.41, 5.74) is 6.51. The number of aliphatic imine (C=N–C) groups is 1. The molecule has 162 valence electrons. The molecule has 1 aliphatic heterocycles. The zero-order valence-electron chi connectivity index (χ0n) is 17.2. The molecule has 7 nitrogen and oxygen atoms in total. The Bertz CT molecular complexity index is 1310. The van der Waals surface area contributed by atoms with Gasteiger partial charge in [0.05, 0.1) is 20.3 Å². The highest BCUT2D eigenvalue weighted by atomic mass is 32.2. The predicted octanol–water partition coefficient (Wildman–Crippen LogP) is 3.59. The Morgan fingerprint density at radius 3 is 2.81 bits per heavy atom. The summed E-state index contributed by atoms with van der Waals surface area (Å²) < 4.78 is 34.7. The summed E-state index contributed by atoms with van der Waals surface area (Å²) in [6.07, 6.45) is 2.19. The van der Waals surface area contributed by atoms with Crippen molar-refractivity contribution in [3.63, 3.8) is 0 Å². The molecule has 0 amide bonds. The Morgan fingerprint density at radius 1 is 1.35 bits per heavy atom. The highest BCUT2D eigenvalue weighted by molar-refractivity contribution is 7.98. The summed E-state index contributed by atoms with van der Waals surface area (Å²) in [6.45, 7) is 1.74. The molecule has 5 rings (SSSR count). The summed E-state index contributed by atoms with van der Waals surface area (Å²) in [4.78, 5) is 10.1. The highest BCUT2D eigenvalue weighted by Crippen LogP contribution is 2.42. The summed E-state index contributed by atoms with van der Waals surface area (Å²) in [5, 5.41) is 4.07. The molecule has 0 saturated heterocycles. The van der Waals surface area contributed by atoms with Gasteiger partial charge >= 0.3 is 0 Å². The minimum absolute atomic E-state index is 0.0834. The molecule has 1 unspecified atom stereocenters. The van der Waals surface area contributed by atoms with E-state index in [0.29, 0.717) is 16.7 Å². The molecule has 31 heavy (non-hydrogen) atoms. The van der Waals surface area contributed by atoms with Gasteiger partial charge in [-0.05, 0) is 49.4 Å². The first-order valence-corrected chi connectivity index (χ1v) is 12.5. The molecular weight excluding hydrogens is 437 g/mol. The van der Waals surface area contributed by atoms with Gasteiger partial charge in [-0.25, -0.2) is 13.6 Å². The molecule has 1 fully saturated rings. The standard InChI is InChI=1S/C21H22FN5O2S2/c1-21(11-31(3,28)27(2)20(23)25-21)17-15(22)10-16(30-17)13-5-4-6-14(9-13)19-24-18(26-29-19)12-7-8-12/h4-6,9-10,12H,3,7-8,11H2,1-2H3,(H2,23,25)/t21-,31?/m0/s1. The number of hydrogen-bond acceptors (Lipinski definition) is 7. The third kappa shape index (κ3) is 3.53. The number of nitrogens with two attached hydrogens (primary N) is 1. The van der Waals surface area contributed by atoms with Crippen LogP contribution in [0, 0.1) is 5.82 Å². The molecular formula is C21H22FN5O2S2. The van der Waals surface area contributed by atoms with E-state index in [1.54, 1.807) is 14.0 Å². The molecule has 0 bridgehead atoms. The van der Waals surface area contributed by atoms with Crippen molar-refractivity contribution in [2.24, 2.45) is 10.7 Å². The summed E-state index contributed by atoms with van der Waals surface area (Å²) in [5.74, 6) is 5.16. The molecule has 1 saturated carbocycles. The van der Waals surface area contributed by atoms with Gasteiger partial charge in [0, 0.05) is 23.4 Å². The molecule has 1 aromatic carbocycles. The van der Waals surface area contributed by atoms with Gasteiger partial charge in [0.2, 0.25) is 5.96 Å². The van der Waals surface area contributed by atoms with Gasteiger partial charge in [-0.3, -0.25) is 4.31 Å². The van der Waals surface area contributed by atoms with Crippen molar-refractivity contribution < 1.29 is 13.1 Å². The van der Waals surface area contributed by atoms with Crippen molar-refractivity contribution in [3.8, 4) is 21.9 Å². The maximum absolute atomic E-state index is 15.1. The Hall–Kier alpha value is -2.72. The third-order valence-corrected chi connectivity index (χ3v) is 9.25. The number of aromatic nitrogens is 2. The van der Waals surface area contributed by atoms with Crippen LogP contribution in [0.3, 0.4) is 0 Å². The first kappa shape index (κ1) is 20.2. The monoisotopic (exact) mass is 459 g/mol. The van der Waals surface area contributed by atoms with Gasteiger partial charge in [0.1, 0.15) is 11.4 Å². The van der Waals surface area contributed by atoms with Gasteiger partial charge in [-0.2, -0.15) is 4.98 Å². The van der Waals surface area contributed by atoms with Crippen LogP contribution in [0.15, 0.2) is 39.8 Å². The van der Waals surface area contributed by atoms with E-state index in [2.05, 4.69) is 21.0 Å². The van der Waals surface area contributed by atoms with Crippen LogP contribution in [0.5, 0.6) is 0 Å². The normalized spacial score (nSPS) is 26.2. The average Bonchev–Trinajstić information content (AvgIpc) is 3.30. The number of hydrogen-bond donors (Lipinski definition) is 1. The van der Waals surface area contributed by atoms with E-state index >= 15 is 4.39 Å². The number of guanidine groups is 1. The van der Waals surface area contributed by atoms with E-state index in [9.17, 15) is 4.21 Å². The number of nitrogens with zero attached hydrogens (tertiary/aromatic N) is 4. The average molecular weight is 460 g/mol. The second-order valence-electron chi connectivity index (χ2n) is 8.26. The minimum Gasteiger partial charge on any atom is -0.369 e. The third-order valence-electron chi connectivity index (χ3n) is 5.64. The lowest BCUT2D eigenvalue weighted by Crippen LogP contribution is -2.50. The molecule has 3 heterocycles. The maximum Gasteiger partial charge on any atom is 0.257 e. The Morgan fingerprint density at radius 2 is 2.10 bits per heavy atom. The maximum atomic E-state index is 15.1. The molecule has 2 aromatic heterocycles. The van der Waals surface area contributed by atoms with Gasteiger partial charge in [-0.15, -0.1) is 11.3 Å². The summed E-state index contributed by atoms with van der Waals surface area (Å²) >= 11 is 1.27. The smallest absolute Gasteiger partial charge is 0.257 e. The second kappa shape index (κ2) is 6.89. The lowest BCUT2D eigenvalue weighted by atomic mass is 10.0.